The molecule has 2 fully saturated rings. The zero-order valence-corrected chi connectivity index (χ0v) is 36.5. The van der Waals surface area contributed by atoms with E-state index < -0.39 is 0 Å². The van der Waals surface area contributed by atoms with Crippen LogP contribution in [0, 0.1) is 46.7 Å². The summed E-state index contributed by atoms with van der Waals surface area (Å²) in [6.07, 6.45) is 13.1. The molecule has 0 aliphatic carbocycles. The van der Waals surface area contributed by atoms with Gasteiger partial charge in [-0.2, -0.15) is 12.8 Å². The van der Waals surface area contributed by atoms with Gasteiger partial charge in [0.1, 0.15) is 0 Å². The molecule has 8 bridgehead atoms. The second-order valence-electron chi connectivity index (χ2n) is 13.1. The molecule has 10 rings (SSSR count). The third kappa shape index (κ3) is 14.1. The van der Waals surface area contributed by atoms with E-state index in [1.54, 1.807) is 0 Å². The van der Waals surface area contributed by atoms with E-state index in [-0.39, 0.29) is 34.1 Å². The van der Waals surface area contributed by atoms with E-state index >= 15 is 0 Å². The molecule has 2 saturated heterocycles. The van der Waals surface area contributed by atoms with Gasteiger partial charge in [0.2, 0.25) is 0 Å². The maximum Gasteiger partial charge on any atom is 3.00 e. The average Bonchev–Trinajstić information content (AvgIpc) is 4.20. The zero-order valence-electron chi connectivity index (χ0n) is 34.2. The van der Waals surface area contributed by atoms with E-state index in [9.17, 15) is 0 Å². The van der Waals surface area contributed by atoms with Gasteiger partial charge in [0.15, 0.2) is 0 Å². The van der Waals surface area contributed by atoms with Crippen LogP contribution < -0.4 is 9.97 Å². The molecule has 2 radical (unpaired) electrons. The van der Waals surface area contributed by atoms with Crippen LogP contribution in [0.25, 0.3) is 79.8 Å². The molecule has 12 heteroatoms. The van der Waals surface area contributed by atoms with Crippen molar-refractivity contribution in [2.75, 3.05) is 13.2 Å². The number of aryl methyl sites for hydroxylation is 1. The van der Waals surface area contributed by atoms with Crippen molar-refractivity contribution in [3.63, 3.8) is 0 Å². The van der Waals surface area contributed by atoms with E-state index in [0.717, 1.165) is 110 Å². The average molecular weight is 916 g/mol. The molecule has 0 N–H and O–H groups in total. The molecule has 6 aromatic rings. The molecule has 316 valence electrons. The summed E-state index contributed by atoms with van der Waals surface area (Å²) in [6, 6.07) is 39.5. The zero-order chi connectivity index (χ0) is 43.8. The van der Waals surface area contributed by atoms with Gasteiger partial charge < -0.3 is 19.4 Å². The third-order valence-electron chi connectivity index (χ3n) is 9.46. The van der Waals surface area contributed by atoms with Crippen LogP contribution in [0.5, 0.6) is 0 Å². The van der Waals surface area contributed by atoms with E-state index in [0.29, 0.717) is 0 Å². The quantitative estimate of drug-likeness (QED) is 0.127. The predicted octanol–water partition coefficient (Wildman–Crippen LogP) is 11.0. The molecule has 3 aromatic carbocycles. The summed E-state index contributed by atoms with van der Waals surface area (Å²) < 4.78 is 39.6. The molecule has 0 amide bonds. The topological polar surface area (TPSA) is 152 Å². The summed E-state index contributed by atoms with van der Waals surface area (Å²) >= 11 is 0. The van der Waals surface area contributed by atoms with E-state index in [1.807, 2.05) is 31.4 Å². The Morgan fingerprint density at radius 3 is 1.06 bits per heavy atom. The molecule has 0 spiro atoms. The van der Waals surface area contributed by atoms with Gasteiger partial charge in [-0.25, -0.2) is 23.2 Å². The summed E-state index contributed by atoms with van der Waals surface area (Å²) in [5.74, 6) is 0. The SMILES string of the molecule is Cc1c2nc(c(-c3ccccc3)c3ccc([n-]3)c(-c3ccccc3)c3nc(c(-c4ccccc4)c4ccc1[n-]4)C=C3)C=C2.[C-]#[O+].[C-]#[O+].[C-]#[O+].[C-]#[O+].[CH-]1CCCO1.[CH-]1CCCO1.[Co].[Cr+3]. The van der Waals surface area contributed by atoms with Crippen molar-refractivity contribution >= 4 is 46.4 Å². The first-order valence-corrected chi connectivity index (χ1v) is 19.1. The van der Waals surface area contributed by atoms with Crippen LogP contribution in [0.15, 0.2) is 115 Å². The van der Waals surface area contributed by atoms with Gasteiger partial charge in [0, 0.05) is 30.0 Å². The van der Waals surface area contributed by atoms with Crippen molar-refractivity contribution in [1.82, 2.24) is 19.9 Å². The van der Waals surface area contributed by atoms with Crippen LogP contribution in [-0.2, 0) is 62.2 Å². The maximum absolute atomic E-state index is 7.50. The Kier molecular flexibility index (Phi) is 24.9. The van der Waals surface area contributed by atoms with Crippen molar-refractivity contribution in [1.29, 1.82) is 0 Å². The minimum atomic E-state index is 0. The van der Waals surface area contributed by atoms with Gasteiger partial charge in [0.05, 0.1) is 22.8 Å². The number of fused-ring (bicyclic) bond motifs is 8. The molecule has 0 saturated carbocycles. The van der Waals surface area contributed by atoms with E-state index in [1.165, 1.54) is 12.8 Å². The summed E-state index contributed by atoms with van der Waals surface area (Å²) in [5, 5.41) is 0. The molecule has 4 aliphatic rings. The third-order valence-corrected chi connectivity index (χ3v) is 9.46. The molecule has 0 unspecified atom stereocenters. The van der Waals surface area contributed by atoms with Gasteiger partial charge in [-0.15, -0.1) is 22.1 Å². The van der Waals surface area contributed by atoms with Crippen molar-refractivity contribution in [3.05, 3.63) is 183 Å². The van der Waals surface area contributed by atoms with E-state index in [2.05, 4.69) is 155 Å². The second kappa shape index (κ2) is 29.5. The van der Waals surface area contributed by atoms with Crippen LogP contribution in [0.4, 0.5) is 0 Å². The Balaban J connectivity index is 0.000000584. The minimum Gasteiger partial charge on any atom is -0.552 e. The Morgan fingerprint density at radius 2 is 0.762 bits per heavy atom. The molecule has 7 heterocycles. The summed E-state index contributed by atoms with van der Waals surface area (Å²) in [4.78, 5) is 20.8. The molecule has 3 aromatic heterocycles. The number of benzene rings is 3. The fraction of sp³-hybridized carbons (Fsp3) is 0.137. The van der Waals surface area contributed by atoms with Crippen LogP contribution in [0.1, 0.15) is 54.0 Å². The second-order valence-corrected chi connectivity index (χ2v) is 13.1. The summed E-state index contributed by atoms with van der Waals surface area (Å²) in [5.41, 5.74) is 14.3. The molecular formula is C51H40CoCrN4O6-. The number of aromatic nitrogens is 4. The van der Waals surface area contributed by atoms with E-state index in [4.69, 9.17) is 48.0 Å². The van der Waals surface area contributed by atoms with Crippen LogP contribution in [0.3, 0.4) is 0 Å². The van der Waals surface area contributed by atoms with Gasteiger partial charge in [-0.05, 0) is 70.2 Å². The smallest absolute Gasteiger partial charge is 0.552 e. The Bertz CT molecular complexity index is 2540. The molecule has 10 nitrogen and oxygen atoms in total. The first-order valence-electron chi connectivity index (χ1n) is 19.1. The van der Waals surface area contributed by atoms with Gasteiger partial charge in [-0.1, -0.05) is 128 Å². The number of hydrogen-bond donors (Lipinski definition) is 0. The standard InChI is InChI=1S/C39H26N4.2C4H7O.4CO.Co.Cr/c1-25-29-17-19-31(40-29)37(26-11-5-2-6-12-26)33-21-23-35(42-33)39(28-15-9-4-10-16-28)36-24-22-34(43-36)38(27-13-7-3-8-14-27)32-20-18-30(25)41-32;2*1-2-4-5-3-1;4*1-2;;/h2-24H,1H3;2*3H,1-2,4H2;;;;;;/q-2;2*-1;;;;;;+3. The Morgan fingerprint density at radius 1 is 0.460 bits per heavy atom. The van der Waals surface area contributed by atoms with Crippen molar-refractivity contribution in [3.8, 4) is 33.4 Å². The first kappa shape index (κ1) is 53.3. The minimum absolute atomic E-state index is 0. The fourth-order valence-corrected chi connectivity index (χ4v) is 6.76. The van der Waals surface area contributed by atoms with Gasteiger partial charge in [-0.3, -0.25) is 0 Å². The van der Waals surface area contributed by atoms with Crippen LogP contribution in [-0.4, -0.2) is 23.2 Å². The first-order chi connectivity index (χ1) is 30.2. The maximum atomic E-state index is 7.50. The monoisotopic (exact) mass is 915 g/mol. The van der Waals surface area contributed by atoms with Gasteiger partial charge in [0.25, 0.3) is 0 Å². The molecular weight excluding hydrogens is 876 g/mol. The van der Waals surface area contributed by atoms with Crippen LogP contribution in [0.2, 0.25) is 0 Å². The number of rotatable bonds is 3. The predicted molar refractivity (Wildman–Crippen MR) is 233 cm³/mol. The molecule has 0 atom stereocenters. The van der Waals surface area contributed by atoms with Crippen LogP contribution >= 0.6 is 0 Å². The number of ether oxygens (including phenoxy) is 2. The summed E-state index contributed by atoms with van der Waals surface area (Å²) in [7, 11) is 0. The normalized spacial score (nSPS) is 12.2. The number of nitrogens with zero attached hydrogens (tertiary/aromatic N) is 4. The summed E-state index contributed by atoms with van der Waals surface area (Å²) in [6.45, 7) is 25.7. The van der Waals surface area contributed by atoms with Crippen molar-refractivity contribution in [2.24, 2.45) is 0 Å². The van der Waals surface area contributed by atoms with Crippen molar-refractivity contribution < 1.29 is 62.2 Å². The number of hydrogen-bond acceptors (Lipinski definition) is 4. The Hall–Kier alpha value is -5.82. The molecule has 63 heavy (non-hydrogen) atoms. The fourth-order valence-electron chi connectivity index (χ4n) is 6.76. The largest absolute Gasteiger partial charge is 3.00 e. The Labute approximate surface area is 389 Å². The molecule has 4 aliphatic heterocycles. The van der Waals surface area contributed by atoms with Gasteiger partial charge >= 0.3 is 62.6 Å². The van der Waals surface area contributed by atoms with Crippen molar-refractivity contribution in [2.45, 2.75) is 32.6 Å².